The van der Waals surface area contributed by atoms with Gasteiger partial charge in [-0.25, -0.2) is 17.9 Å². The summed E-state index contributed by atoms with van der Waals surface area (Å²) >= 11 is 14.7. The molecule has 0 unspecified atom stereocenters. The summed E-state index contributed by atoms with van der Waals surface area (Å²) in [5, 5.41) is 13.0. The topological polar surface area (TPSA) is 256 Å². The van der Waals surface area contributed by atoms with Crippen LogP contribution in [0.3, 0.4) is 0 Å². The van der Waals surface area contributed by atoms with Crippen LogP contribution in [0.25, 0.3) is 21.7 Å². The molecule has 3 heterocycles. The van der Waals surface area contributed by atoms with Gasteiger partial charge in [-0.2, -0.15) is 0 Å². The van der Waals surface area contributed by atoms with Crippen molar-refractivity contribution in [2.45, 2.75) is 114 Å². The van der Waals surface area contributed by atoms with E-state index in [0.717, 1.165) is 30.2 Å². The van der Waals surface area contributed by atoms with Gasteiger partial charge in [-0.3, -0.25) is 28.8 Å². The molecule has 0 bridgehead atoms. The second-order valence-corrected chi connectivity index (χ2v) is 19.8. The number of ether oxygens (including phenoxy) is 8. The number of nitrogens with zero attached hydrogens (tertiary/aromatic N) is 6. The Balaban J connectivity index is 0.000000290. The maximum atomic E-state index is 14.0. The van der Waals surface area contributed by atoms with Gasteiger partial charge in [0.1, 0.15) is 66.3 Å². The van der Waals surface area contributed by atoms with Gasteiger partial charge in [-0.15, -0.1) is 28.6 Å². The van der Waals surface area contributed by atoms with E-state index >= 15 is 0 Å². The Hall–Kier alpha value is -6.08. The number of carbonyl (C=O) groups excluding carboxylic acids is 6. The fraction of sp³-hybridized carbons (Fsp3) is 0.458. The Labute approximate surface area is 446 Å². The maximum absolute atomic E-state index is 14.0. The summed E-state index contributed by atoms with van der Waals surface area (Å²) < 4.78 is 87.2. The van der Waals surface area contributed by atoms with Gasteiger partial charge in [-0.1, -0.05) is 57.8 Å². The van der Waals surface area contributed by atoms with Crippen LogP contribution in [0.5, 0.6) is 0 Å². The van der Waals surface area contributed by atoms with E-state index in [1.54, 1.807) is 12.1 Å². The molecule has 0 aliphatic carbocycles. The molecule has 404 valence electrons. The van der Waals surface area contributed by atoms with Crippen LogP contribution in [0, 0.1) is 17.5 Å². The Bertz CT molecular complexity index is 2700. The molecule has 0 N–H and O–H groups in total. The van der Waals surface area contributed by atoms with E-state index in [9.17, 15) is 41.9 Å². The molecule has 10 atom stereocenters. The molecule has 4 aromatic rings. The van der Waals surface area contributed by atoms with E-state index in [-0.39, 0.29) is 24.5 Å². The van der Waals surface area contributed by atoms with Crippen LogP contribution < -0.4 is 0 Å². The number of aromatic nitrogens is 3. The summed E-state index contributed by atoms with van der Waals surface area (Å²) in [4.78, 5) is 73.7. The van der Waals surface area contributed by atoms with Crippen molar-refractivity contribution in [1.29, 1.82) is 0 Å². The molecule has 1 aromatic heterocycles. The number of rotatable bonds is 19. The van der Waals surface area contributed by atoms with Crippen LogP contribution in [0.1, 0.15) is 58.7 Å². The van der Waals surface area contributed by atoms with E-state index in [4.69, 9.17) is 66.6 Å². The smallest absolute Gasteiger partial charge is 0.303 e. The van der Waals surface area contributed by atoms with Crippen molar-refractivity contribution in [3.63, 3.8) is 0 Å². The number of carbonyl (C=O) groups is 6. The molecule has 2 saturated heterocycles. The van der Waals surface area contributed by atoms with Crippen molar-refractivity contribution in [3.8, 4) is 11.3 Å². The number of halogens is 5. The van der Waals surface area contributed by atoms with Crippen molar-refractivity contribution >= 4 is 82.5 Å². The highest BCUT2D eigenvalue weighted by molar-refractivity contribution is 8.00. The van der Waals surface area contributed by atoms with E-state index in [1.807, 2.05) is 36.4 Å². The van der Waals surface area contributed by atoms with Crippen molar-refractivity contribution < 1.29 is 79.8 Å². The number of hydrogen-bond donors (Lipinski definition) is 0. The van der Waals surface area contributed by atoms with Gasteiger partial charge < -0.3 is 37.9 Å². The number of esters is 6. The Kier molecular flexibility index (Phi) is 22.9. The highest BCUT2D eigenvalue weighted by Crippen LogP contribution is 2.40. The second kappa shape index (κ2) is 28.7. The first-order valence-electron chi connectivity index (χ1n) is 22.7. The summed E-state index contributed by atoms with van der Waals surface area (Å²) in [7, 11) is 0. The maximum Gasteiger partial charge on any atom is 0.303 e. The van der Waals surface area contributed by atoms with Crippen LogP contribution in [-0.4, -0.2) is 129 Å². The quantitative estimate of drug-likeness (QED) is 0.0214. The summed E-state index contributed by atoms with van der Waals surface area (Å²) in [5.41, 5.74) is 9.24. The lowest BCUT2D eigenvalue weighted by atomic mass is 9.96. The lowest BCUT2D eigenvalue weighted by molar-refractivity contribution is -0.212. The lowest BCUT2D eigenvalue weighted by Gasteiger charge is -2.44. The van der Waals surface area contributed by atoms with Crippen molar-refractivity contribution in [2.75, 3.05) is 24.7 Å². The largest absolute Gasteiger partial charge is 0.463 e. The Morgan fingerprint density at radius 2 is 1.12 bits per heavy atom. The van der Waals surface area contributed by atoms with Gasteiger partial charge in [0, 0.05) is 62.1 Å². The second-order valence-electron chi connectivity index (χ2n) is 16.5. The highest BCUT2D eigenvalue weighted by Gasteiger charge is 2.52. The number of benzene rings is 3. The zero-order valence-corrected chi connectivity index (χ0v) is 44.1. The first-order valence-corrected chi connectivity index (χ1v) is 25.6. The van der Waals surface area contributed by atoms with Crippen molar-refractivity contribution in [2.24, 2.45) is 5.11 Å². The van der Waals surface area contributed by atoms with Gasteiger partial charge in [0.2, 0.25) is 0 Å². The molecular formula is C48H51Cl2F3N6O14S2. The molecule has 3 aromatic carbocycles. The number of hydrogen-bond acceptors (Lipinski definition) is 19. The minimum atomic E-state index is -1.64. The monoisotopic (exact) mass is 1130 g/mol. The number of thioether (sulfide) groups is 2. The van der Waals surface area contributed by atoms with Crippen LogP contribution >= 0.6 is 46.7 Å². The zero-order valence-electron chi connectivity index (χ0n) is 41.0. The third kappa shape index (κ3) is 18.0. The normalized spacial score (nSPS) is 23.0. The van der Waals surface area contributed by atoms with Gasteiger partial charge >= 0.3 is 35.8 Å². The molecule has 20 nitrogen and oxygen atoms in total. The molecule has 2 aliphatic rings. The number of aryl methyl sites for hydroxylation is 2. The van der Waals surface area contributed by atoms with Gasteiger partial charge in [0.15, 0.2) is 29.7 Å². The van der Waals surface area contributed by atoms with Crippen molar-refractivity contribution in [3.05, 3.63) is 116 Å². The third-order valence-electron chi connectivity index (χ3n) is 10.7. The molecule has 2 fully saturated rings. The minimum absolute atomic E-state index is 0.0471. The number of azide groups is 1. The molecule has 75 heavy (non-hydrogen) atoms. The third-order valence-corrected chi connectivity index (χ3v) is 13.5. The molecular weight excluding hydrogens is 1080 g/mol. The summed E-state index contributed by atoms with van der Waals surface area (Å²) in [6.07, 6.45) is -3.95. The highest BCUT2D eigenvalue weighted by atomic mass is 35.5. The average Bonchev–Trinajstić information content (AvgIpc) is 3.82. The summed E-state index contributed by atoms with van der Waals surface area (Å²) in [6, 6.07) is 14.0. The lowest BCUT2D eigenvalue weighted by Crippen LogP contribution is -2.59. The molecule has 0 amide bonds. The predicted octanol–water partition coefficient (Wildman–Crippen LogP) is 8.13. The van der Waals surface area contributed by atoms with Gasteiger partial charge in [0.05, 0.1) is 6.20 Å². The van der Waals surface area contributed by atoms with Crippen LogP contribution in [-0.2, 0) is 79.5 Å². The van der Waals surface area contributed by atoms with E-state index < -0.39 is 113 Å². The van der Waals surface area contributed by atoms with Crippen molar-refractivity contribution in [1.82, 2.24) is 15.0 Å². The fourth-order valence-electron chi connectivity index (χ4n) is 7.75. The zero-order chi connectivity index (χ0) is 54.9. The van der Waals surface area contributed by atoms with E-state index in [0.29, 0.717) is 34.4 Å². The first-order chi connectivity index (χ1) is 35.6. The molecule has 2 aliphatic heterocycles. The molecule has 0 spiro atoms. The standard InChI is InChI=1S/C28H27ClF3N3O7S.C20H24ClN3O7S/c1-14(36)39-13-23-26(40-15(2)37)25(35-12-22(33-34-35)18-10-20(30)24(32)21(31)11-18)27(41-16(3)38)28(42-23)43-8-7-17-5-4-6-19(29)9-17;1-11(25)28-10-16-18(29-12(2)26)17(23-24-22)19(30-13(3)27)20(31-16)32-8-7-14-5-4-6-15(21)9-14/h4-6,9-12,23,25-28H,7-8,13H2,1-3H3;4-6,9,16-20H,7-8,10H2,1-3H3/t23-,25+,26+,27-,28-;16-,17+,18+,19-,20-/m11/s1. The van der Waals surface area contributed by atoms with Gasteiger partial charge in [-0.05, 0) is 77.4 Å². The SMILES string of the molecule is CC(=O)OC[C@H]1O[C@H](SCCc2cccc(Cl)c2)[C@H](OC(C)=O)[C@@H](N=[N+]=[N-])[C@H]1OC(C)=O.CC(=O)OC[C@H]1O[C@H](SCCc2cccc(Cl)c2)[C@H](OC(C)=O)[C@@H](n2cc(-c3cc(F)c(F)c(F)c3)nn2)[C@H]1OC(C)=O. The summed E-state index contributed by atoms with van der Waals surface area (Å²) in [5.74, 6) is -7.29. The first kappa shape index (κ1) is 59.8. The van der Waals surface area contributed by atoms with Crippen LogP contribution in [0.15, 0.2) is 72.0 Å². The Morgan fingerprint density at radius 1 is 0.667 bits per heavy atom. The average molecular weight is 1130 g/mol. The molecule has 0 saturated carbocycles. The van der Waals surface area contributed by atoms with E-state index in [1.165, 1.54) is 69.0 Å². The molecule has 0 radical (unpaired) electrons. The predicted molar refractivity (Wildman–Crippen MR) is 265 cm³/mol. The Morgan fingerprint density at radius 3 is 1.59 bits per heavy atom. The van der Waals surface area contributed by atoms with Gasteiger partial charge in [0.25, 0.3) is 0 Å². The fourth-order valence-corrected chi connectivity index (χ4v) is 10.6. The molecule has 6 rings (SSSR count). The van der Waals surface area contributed by atoms with Crippen LogP contribution in [0.2, 0.25) is 10.0 Å². The summed E-state index contributed by atoms with van der Waals surface area (Å²) in [6.45, 7) is 6.62. The van der Waals surface area contributed by atoms with E-state index in [2.05, 4.69) is 20.3 Å². The minimum Gasteiger partial charge on any atom is -0.463 e. The molecule has 27 heteroatoms. The van der Waals surface area contributed by atoms with Crippen LogP contribution in [0.4, 0.5) is 13.2 Å².